The first-order valence-corrected chi connectivity index (χ1v) is 10.5. The topological polar surface area (TPSA) is 60.7 Å². The molecule has 4 aromatic rings. The molecule has 0 saturated heterocycles. The highest BCUT2D eigenvalue weighted by atomic mass is 32.2. The maximum absolute atomic E-state index is 12.7. The fourth-order valence-electron chi connectivity index (χ4n) is 2.88. The van der Waals surface area contributed by atoms with Crippen LogP contribution in [0.1, 0.15) is 16.3 Å². The standard InChI is InChI=1S/C25H21NO4S/c1-28-18-8-7-9-19(16-18)29-17-20-14-15-23(30-20)25(27)26-22-12-5-6-13-24(22)31-21-10-3-2-4-11-21/h2-16H,17H2,1H3,(H,26,27). The first kappa shape index (κ1) is 20.6. The number of benzene rings is 3. The maximum atomic E-state index is 12.7. The lowest BCUT2D eigenvalue weighted by molar-refractivity contribution is 0.0992. The summed E-state index contributed by atoms with van der Waals surface area (Å²) in [7, 11) is 1.60. The van der Waals surface area contributed by atoms with Crippen molar-refractivity contribution in [2.45, 2.75) is 16.4 Å². The number of rotatable bonds is 8. The zero-order chi connectivity index (χ0) is 21.5. The molecular weight excluding hydrogens is 410 g/mol. The van der Waals surface area contributed by atoms with E-state index >= 15 is 0 Å². The third-order valence-corrected chi connectivity index (χ3v) is 5.50. The van der Waals surface area contributed by atoms with Crippen molar-refractivity contribution in [3.8, 4) is 11.5 Å². The molecule has 0 atom stereocenters. The summed E-state index contributed by atoms with van der Waals surface area (Å²) in [6.45, 7) is 0.209. The van der Waals surface area contributed by atoms with Gasteiger partial charge in [-0.15, -0.1) is 0 Å². The third kappa shape index (κ3) is 5.49. The number of methoxy groups -OCH3 is 1. The summed E-state index contributed by atoms with van der Waals surface area (Å²) in [5.74, 6) is 1.84. The lowest BCUT2D eigenvalue weighted by Gasteiger charge is -2.10. The average molecular weight is 432 g/mol. The molecule has 1 N–H and O–H groups in total. The fourth-order valence-corrected chi connectivity index (χ4v) is 3.80. The quantitative estimate of drug-likeness (QED) is 0.356. The van der Waals surface area contributed by atoms with Crippen molar-refractivity contribution in [3.05, 3.63) is 103 Å². The number of para-hydroxylation sites is 1. The Kier molecular flexibility index (Phi) is 6.59. The smallest absolute Gasteiger partial charge is 0.291 e. The third-order valence-electron chi connectivity index (χ3n) is 4.41. The first-order valence-electron chi connectivity index (χ1n) is 9.70. The van der Waals surface area contributed by atoms with Crippen LogP contribution in [0.2, 0.25) is 0 Å². The molecule has 5 nitrogen and oxygen atoms in total. The van der Waals surface area contributed by atoms with Gasteiger partial charge in [-0.3, -0.25) is 4.79 Å². The molecule has 6 heteroatoms. The monoisotopic (exact) mass is 431 g/mol. The molecule has 0 aliphatic carbocycles. The van der Waals surface area contributed by atoms with Gasteiger partial charge in [-0.2, -0.15) is 0 Å². The molecule has 4 rings (SSSR count). The highest BCUT2D eigenvalue weighted by Crippen LogP contribution is 2.33. The van der Waals surface area contributed by atoms with Crippen molar-refractivity contribution in [1.82, 2.24) is 0 Å². The normalized spacial score (nSPS) is 10.5. The van der Waals surface area contributed by atoms with Gasteiger partial charge < -0.3 is 19.2 Å². The summed E-state index contributed by atoms with van der Waals surface area (Å²) < 4.78 is 16.6. The summed E-state index contributed by atoms with van der Waals surface area (Å²) in [6.07, 6.45) is 0. The van der Waals surface area contributed by atoms with E-state index in [9.17, 15) is 4.79 Å². The van der Waals surface area contributed by atoms with Crippen LogP contribution < -0.4 is 14.8 Å². The molecule has 156 valence electrons. The molecule has 0 aliphatic heterocycles. The molecule has 0 unspecified atom stereocenters. The summed E-state index contributed by atoms with van der Waals surface area (Å²) in [6, 6.07) is 28.4. The average Bonchev–Trinajstić information content (AvgIpc) is 3.29. The summed E-state index contributed by atoms with van der Waals surface area (Å²) in [5, 5.41) is 2.94. The maximum Gasteiger partial charge on any atom is 0.291 e. The van der Waals surface area contributed by atoms with E-state index in [0.29, 0.717) is 17.3 Å². The Morgan fingerprint density at radius 1 is 0.903 bits per heavy atom. The van der Waals surface area contributed by atoms with Gasteiger partial charge in [-0.25, -0.2) is 0 Å². The van der Waals surface area contributed by atoms with E-state index in [1.807, 2.05) is 72.8 Å². The van der Waals surface area contributed by atoms with Gasteiger partial charge in [0.2, 0.25) is 0 Å². The number of hydrogen-bond donors (Lipinski definition) is 1. The SMILES string of the molecule is COc1cccc(OCc2ccc(C(=O)Nc3ccccc3Sc3ccccc3)o2)c1. The van der Waals surface area contributed by atoms with E-state index in [4.69, 9.17) is 13.9 Å². The molecule has 1 aromatic heterocycles. The second kappa shape index (κ2) is 9.91. The second-order valence-corrected chi connectivity index (χ2v) is 7.71. The van der Waals surface area contributed by atoms with E-state index in [-0.39, 0.29) is 18.3 Å². The second-order valence-electron chi connectivity index (χ2n) is 6.60. The summed E-state index contributed by atoms with van der Waals surface area (Å²) in [4.78, 5) is 14.8. The number of carbonyl (C=O) groups excluding carboxylic acids is 1. The van der Waals surface area contributed by atoms with Crippen molar-refractivity contribution in [2.75, 3.05) is 12.4 Å². The van der Waals surface area contributed by atoms with Crippen LogP contribution >= 0.6 is 11.8 Å². The molecule has 3 aromatic carbocycles. The van der Waals surface area contributed by atoms with Gasteiger partial charge in [-0.05, 0) is 48.5 Å². The number of anilines is 1. The predicted molar refractivity (Wildman–Crippen MR) is 121 cm³/mol. The summed E-state index contributed by atoms with van der Waals surface area (Å²) in [5.41, 5.74) is 0.729. The minimum atomic E-state index is -0.311. The molecule has 1 amide bonds. The Morgan fingerprint density at radius 3 is 2.52 bits per heavy atom. The number of carbonyl (C=O) groups is 1. The minimum absolute atomic E-state index is 0.209. The lowest BCUT2D eigenvalue weighted by Crippen LogP contribution is -2.11. The number of hydrogen-bond acceptors (Lipinski definition) is 5. The van der Waals surface area contributed by atoms with Gasteiger partial charge in [0.1, 0.15) is 23.9 Å². The van der Waals surface area contributed by atoms with Crippen molar-refractivity contribution in [3.63, 3.8) is 0 Å². The first-order chi connectivity index (χ1) is 15.2. The van der Waals surface area contributed by atoms with E-state index in [2.05, 4.69) is 5.32 Å². The Labute approximate surface area is 185 Å². The largest absolute Gasteiger partial charge is 0.497 e. The van der Waals surface area contributed by atoms with E-state index in [1.54, 1.807) is 37.1 Å². The van der Waals surface area contributed by atoms with E-state index < -0.39 is 0 Å². The molecule has 0 saturated carbocycles. The van der Waals surface area contributed by atoms with Crippen LogP contribution in [0.25, 0.3) is 0 Å². The highest BCUT2D eigenvalue weighted by molar-refractivity contribution is 7.99. The van der Waals surface area contributed by atoms with Crippen molar-refractivity contribution in [1.29, 1.82) is 0 Å². The fraction of sp³-hybridized carbons (Fsp3) is 0.0800. The Hall–Kier alpha value is -3.64. The Morgan fingerprint density at radius 2 is 1.68 bits per heavy atom. The van der Waals surface area contributed by atoms with E-state index in [1.165, 1.54) is 0 Å². The van der Waals surface area contributed by atoms with Crippen LogP contribution in [0.5, 0.6) is 11.5 Å². The molecule has 1 heterocycles. The lowest BCUT2D eigenvalue weighted by atomic mass is 10.3. The Balaban J connectivity index is 1.40. The van der Waals surface area contributed by atoms with Crippen molar-refractivity contribution in [2.24, 2.45) is 0 Å². The molecule has 31 heavy (non-hydrogen) atoms. The van der Waals surface area contributed by atoms with Crippen LogP contribution in [0.4, 0.5) is 5.69 Å². The number of nitrogens with one attached hydrogen (secondary N) is 1. The van der Waals surface area contributed by atoms with Gasteiger partial charge in [0, 0.05) is 15.9 Å². The molecule has 0 bridgehead atoms. The van der Waals surface area contributed by atoms with Crippen LogP contribution in [-0.4, -0.2) is 13.0 Å². The van der Waals surface area contributed by atoms with Gasteiger partial charge in [0.25, 0.3) is 5.91 Å². The summed E-state index contributed by atoms with van der Waals surface area (Å²) >= 11 is 1.59. The number of ether oxygens (including phenoxy) is 2. The van der Waals surface area contributed by atoms with Crippen LogP contribution in [0, 0.1) is 0 Å². The van der Waals surface area contributed by atoms with Gasteiger partial charge in [-0.1, -0.05) is 48.2 Å². The van der Waals surface area contributed by atoms with Crippen LogP contribution in [0.15, 0.2) is 105 Å². The van der Waals surface area contributed by atoms with Crippen molar-refractivity contribution < 1.29 is 18.7 Å². The molecular formula is C25H21NO4S. The van der Waals surface area contributed by atoms with Gasteiger partial charge >= 0.3 is 0 Å². The highest BCUT2D eigenvalue weighted by Gasteiger charge is 2.14. The van der Waals surface area contributed by atoms with Gasteiger partial charge in [0.15, 0.2) is 5.76 Å². The van der Waals surface area contributed by atoms with Crippen LogP contribution in [-0.2, 0) is 6.61 Å². The van der Waals surface area contributed by atoms with Crippen molar-refractivity contribution >= 4 is 23.4 Å². The van der Waals surface area contributed by atoms with Crippen LogP contribution in [0.3, 0.4) is 0 Å². The van der Waals surface area contributed by atoms with E-state index in [0.717, 1.165) is 15.5 Å². The Bertz CT molecular complexity index is 1160. The zero-order valence-electron chi connectivity index (χ0n) is 16.9. The van der Waals surface area contributed by atoms with Gasteiger partial charge in [0.05, 0.1) is 12.8 Å². The molecule has 0 radical (unpaired) electrons. The molecule has 0 aliphatic rings. The zero-order valence-corrected chi connectivity index (χ0v) is 17.7. The number of amides is 1. The predicted octanol–water partition coefficient (Wildman–Crippen LogP) is 6.27. The molecule has 0 fully saturated rings. The molecule has 0 spiro atoms. The minimum Gasteiger partial charge on any atom is -0.497 e. The number of furan rings is 1.